The largest absolute Gasteiger partial charge is 0.292 e. The van der Waals surface area contributed by atoms with E-state index in [1.807, 2.05) is 12.1 Å². The SMILES string of the molecule is CCc1ccc(C(=O)CS(=O)C2CCCC2)s1. The highest BCUT2D eigenvalue weighted by molar-refractivity contribution is 7.86. The molecule has 1 aliphatic carbocycles. The molecule has 1 heterocycles. The smallest absolute Gasteiger partial charge is 0.185 e. The number of hydrogen-bond acceptors (Lipinski definition) is 3. The van der Waals surface area contributed by atoms with E-state index >= 15 is 0 Å². The summed E-state index contributed by atoms with van der Waals surface area (Å²) in [6.07, 6.45) is 5.37. The van der Waals surface area contributed by atoms with Crippen LogP contribution < -0.4 is 0 Å². The van der Waals surface area contributed by atoms with Crippen molar-refractivity contribution < 1.29 is 9.00 Å². The van der Waals surface area contributed by atoms with Gasteiger partial charge in [0.15, 0.2) is 5.78 Å². The molecule has 4 heteroatoms. The number of carbonyl (C=O) groups excluding carboxylic acids is 1. The van der Waals surface area contributed by atoms with Crippen LogP contribution in [-0.4, -0.2) is 21.0 Å². The third kappa shape index (κ3) is 3.26. The number of rotatable bonds is 5. The zero-order chi connectivity index (χ0) is 12.3. The minimum absolute atomic E-state index is 0.0555. The number of thiophene rings is 1. The van der Waals surface area contributed by atoms with Gasteiger partial charge in [-0.3, -0.25) is 9.00 Å². The Bertz CT molecular complexity index is 417. The van der Waals surface area contributed by atoms with E-state index in [0.29, 0.717) is 0 Å². The molecule has 1 aliphatic rings. The molecule has 0 amide bonds. The van der Waals surface area contributed by atoms with Crippen molar-refractivity contribution in [1.29, 1.82) is 0 Å². The van der Waals surface area contributed by atoms with E-state index in [1.54, 1.807) is 11.3 Å². The maximum absolute atomic E-state index is 12.0. The zero-order valence-electron chi connectivity index (χ0n) is 10.1. The average molecular weight is 270 g/mol. The fourth-order valence-corrected chi connectivity index (χ4v) is 4.67. The summed E-state index contributed by atoms with van der Waals surface area (Å²) in [5, 5.41) is 0.268. The lowest BCUT2D eigenvalue weighted by Gasteiger charge is -2.07. The zero-order valence-corrected chi connectivity index (χ0v) is 11.7. The molecule has 17 heavy (non-hydrogen) atoms. The first-order valence-corrected chi connectivity index (χ1v) is 8.39. The second-order valence-electron chi connectivity index (χ2n) is 4.47. The summed E-state index contributed by atoms with van der Waals surface area (Å²) in [6.45, 7) is 2.08. The number of aryl methyl sites for hydroxylation is 1. The van der Waals surface area contributed by atoms with Gasteiger partial charge in [-0.2, -0.15) is 0 Å². The number of hydrogen-bond donors (Lipinski definition) is 0. The van der Waals surface area contributed by atoms with E-state index in [2.05, 4.69) is 6.92 Å². The van der Waals surface area contributed by atoms with Gasteiger partial charge in [-0.05, 0) is 31.4 Å². The molecule has 0 aromatic carbocycles. The Kier molecular flexibility index (Phi) is 4.51. The molecule has 2 rings (SSSR count). The Morgan fingerprint density at radius 1 is 1.41 bits per heavy atom. The quantitative estimate of drug-likeness (QED) is 0.770. The van der Waals surface area contributed by atoms with Crippen molar-refractivity contribution in [2.24, 2.45) is 0 Å². The van der Waals surface area contributed by atoms with Gasteiger partial charge < -0.3 is 0 Å². The van der Waals surface area contributed by atoms with Gasteiger partial charge in [0.1, 0.15) is 0 Å². The van der Waals surface area contributed by atoms with Crippen molar-refractivity contribution in [3.05, 3.63) is 21.9 Å². The number of carbonyl (C=O) groups is 1. The summed E-state index contributed by atoms with van der Waals surface area (Å²) in [4.78, 5) is 14.0. The van der Waals surface area contributed by atoms with Crippen molar-refractivity contribution >= 4 is 27.9 Å². The van der Waals surface area contributed by atoms with Gasteiger partial charge in [0, 0.05) is 20.9 Å². The highest BCUT2D eigenvalue weighted by atomic mass is 32.2. The van der Waals surface area contributed by atoms with Crippen molar-refractivity contribution in [3.8, 4) is 0 Å². The molecule has 0 saturated heterocycles. The Morgan fingerprint density at radius 3 is 2.71 bits per heavy atom. The average Bonchev–Trinajstić information content (AvgIpc) is 3.00. The molecule has 1 atom stereocenters. The summed E-state index contributed by atoms with van der Waals surface area (Å²) in [6, 6.07) is 3.87. The van der Waals surface area contributed by atoms with Gasteiger partial charge in [-0.25, -0.2) is 0 Å². The lowest BCUT2D eigenvalue weighted by Crippen LogP contribution is -2.19. The Labute approximate surface area is 109 Å². The third-order valence-electron chi connectivity index (χ3n) is 3.23. The van der Waals surface area contributed by atoms with Crippen LogP contribution in [0.2, 0.25) is 0 Å². The second-order valence-corrected chi connectivity index (χ2v) is 7.36. The van der Waals surface area contributed by atoms with E-state index < -0.39 is 10.8 Å². The molecular weight excluding hydrogens is 252 g/mol. The van der Waals surface area contributed by atoms with Crippen LogP contribution >= 0.6 is 11.3 Å². The molecule has 94 valence electrons. The third-order valence-corrected chi connectivity index (χ3v) is 6.26. The van der Waals surface area contributed by atoms with Gasteiger partial charge in [-0.15, -0.1) is 11.3 Å². The van der Waals surface area contributed by atoms with Gasteiger partial charge in [0.2, 0.25) is 0 Å². The van der Waals surface area contributed by atoms with Crippen LogP contribution in [0.15, 0.2) is 12.1 Å². The molecule has 0 N–H and O–H groups in total. The summed E-state index contributed by atoms with van der Waals surface area (Å²) >= 11 is 1.54. The molecule has 0 bridgehead atoms. The molecule has 1 aromatic rings. The second kappa shape index (κ2) is 5.91. The van der Waals surface area contributed by atoms with Gasteiger partial charge in [-0.1, -0.05) is 19.8 Å². The Hall–Kier alpha value is -0.480. The van der Waals surface area contributed by atoms with Crippen LogP contribution in [0.25, 0.3) is 0 Å². The number of Topliss-reactive ketones (excluding diaryl/α,β-unsaturated/α-hetero) is 1. The first kappa shape index (κ1) is 13.0. The minimum atomic E-state index is -0.961. The van der Waals surface area contributed by atoms with E-state index in [1.165, 1.54) is 17.7 Å². The summed E-state index contributed by atoms with van der Waals surface area (Å²) in [5.74, 6) is 0.272. The minimum Gasteiger partial charge on any atom is -0.292 e. The molecule has 1 aromatic heterocycles. The van der Waals surface area contributed by atoms with E-state index in [0.717, 1.165) is 24.1 Å². The lowest BCUT2D eigenvalue weighted by atomic mass is 10.3. The van der Waals surface area contributed by atoms with E-state index in [9.17, 15) is 9.00 Å². The van der Waals surface area contributed by atoms with Crippen molar-refractivity contribution in [1.82, 2.24) is 0 Å². The van der Waals surface area contributed by atoms with Gasteiger partial charge >= 0.3 is 0 Å². The fraction of sp³-hybridized carbons (Fsp3) is 0.615. The molecule has 0 spiro atoms. The fourth-order valence-electron chi connectivity index (χ4n) is 2.19. The van der Waals surface area contributed by atoms with Crippen LogP contribution in [0.3, 0.4) is 0 Å². The van der Waals surface area contributed by atoms with Crippen molar-refractivity contribution in [2.45, 2.75) is 44.3 Å². The van der Waals surface area contributed by atoms with Crippen LogP contribution in [0.4, 0.5) is 0 Å². The highest BCUT2D eigenvalue weighted by Crippen LogP contribution is 2.24. The Morgan fingerprint density at radius 2 is 2.12 bits per heavy atom. The van der Waals surface area contributed by atoms with Crippen LogP contribution in [0.1, 0.15) is 47.2 Å². The predicted molar refractivity (Wildman–Crippen MR) is 73.3 cm³/mol. The summed E-state index contributed by atoms with van der Waals surface area (Å²) < 4.78 is 12.0. The first-order valence-electron chi connectivity index (χ1n) is 6.19. The topological polar surface area (TPSA) is 34.1 Å². The molecule has 1 unspecified atom stereocenters. The van der Waals surface area contributed by atoms with Crippen molar-refractivity contribution in [3.63, 3.8) is 0 Å². The highest BCUT2D eigenvalue weighted by Gasteiger charge is 2.23. The first-order chi connectivity index (χ1) is 8.20. The summed E-state index contributed by atoms with van der Waals surface area (Å²) in [5.41, 5.74) is 0. The molecule has 0 aliphatic heterocycles. The number of ketones is 1. The molecule has 1 saturated carbocycles. The maximum atomic E-state index is 12.0. The van der Waals surface area contributed by atoms with E-state index in [-0.39, 0.29) is 16.8 Å². The van der Waals surface area contributed by atoms with Gasteiger partial charge in [0.25, 0.3) is 0 Å². The molecule has 0 radical (unpaired) electrons. The summed E-state index contributed by atoms with van der Waals surface area (Å²) in [7, 11) is -0.961. The monoisotopic (exact) mass is 270 g/mol. The van der Waals surface area contributed by atoms with Gasteiger partial charge in [0.05, 0.1) is 10.6 Å². The molecule has 1 fully saturated rings. The standard InChI is InChI=1S/C13H18O2S2/c1-2-10-7-8-13(16-10)12(14)9-17(15)11-5-3-4-6-11/h7-8,11H,2-6,9H2,1H3. The molecule has 2 nitrogen and oxygen atoms in total. The van der Waals surface area contributed by atoms with Crippen LogP contribution in [0, 0.1) is 0 Å². The predicted octanol–water partition coefficient (Wildman–Crippen LogP) is 3.18. The lowest BCUT2D eigenvalue weighted by molar-refractivity contribution is 0.102. The maximum Gasteiger partial charge on any atom is 0.185 e. The molecular formula is C13H18O2S2. The Balaban J connectivity index is 1.94. The van der Waals surface area contributed by atoms with Crippen molar-refractivity contribution in [2.75, 3.05) is 5.75 Å². The van der Waals surface area contributed by atoms with E-state index in [4.69, 9.17) is 0 Å². The van der Waals surface area contributed by atoms with Crippen LogP contribution in [0.5, 0.6) is 0 Å². The van der Waals surface area contributed by atoms with Crippen LogP contribution in [-0.2, 0) is 17.2 Å². The normalized spacial score (nSPS) is 18.4.